The minimum Gasteiger partial charge on any atom is -0.482 e. The Morgan fingerprint density at radius 2 is 2.33 bits per heavy atom. The molecule has 1 aromatic carbocycles. The minimum absolute atomic E-state index is 0.0213. The molecule has 0 bridgehead atoms. The summed E-state index contributed by atoms with van der Waals surface area (Å²) < 4.78 is 10.6. The molecule has 3 heteroatoms. The SMILES string of the molecule is CCOCC(=O)C1Cc2ccccc2O1. The zero-order valence-electron chi connectivity index (χ0n) is 8.73. The van der Waals surface area contributed by atoms with Gasteiger partial charge in [0.05, 0.1) is 0 Å². The molecule has 0 radical (unpaired) electrons. The molecule has 1 aromatic rings. The van der Waals surface area contributed by atoms with Gasteiger partial charge in [-0.05, 0) is 18.6 Å². The molecule has 0 amide bonds. The minimum atomic E-state index is -0.353. The van der Waals surface area contributed by atoms with Crippen LogP contribution in [0.25, 0.3) is 0 Å². The summed E-state index contributed by atoms with van der Waals surface area (Å²) in [7, 11) is 0. The number of rotatable bonds is 4. The van der Waals surface area contributed by atoms with Crippen LogP contribution >= 0.6 is 0 Å². The summed E-state index contributed by atoms with van der Waals surface area (Å²) in [4.78, 5) is 11.6. The van der Waals surface area contributed by atoms with Crippen molar-refractivity contribution in [2.45, 2.75) is 19.4 Å². The molecular weight excluding hydrogens is 192 g/mol. The molecule has 0 saturated heterocycles. The molecule has 1 aliphatic rings. The van der Waals surface area contributed by atoms with Crippen molar-refractivity contribution in [2.75, 3.05) is 13.2 Å². The Kier molecular flexibility index (Phi) is 3.02. The first-order chi connectivity index (χ1) is 7.31. The Morgan fingerprint density at radius 3 is 3.07 bits per heavy atom. The van der Waals surface area contributed by atoms with E-state index in [0.717, 1.165) is 11.3 Å². The summed E-state index contributed by atoms with van der Waals surface area (Å²) in [5, 5.41) is 0. The van der Waals surface area contributed by atoms with E-state index in [1.54, 1.807) is 0 Å². The lowest BCUT2D eigenvalue weighted by Gasteiger charge is -2.08. The van der Waals surface area contributed by atoms with E-state index in [1.807, 2.05) is 31.2 Å². The molecule has 0 fully saturated rings. The van der Waals surface area contributed by atoms with E-state index in [-0.39, 0.29) is 18.5 Å². The monoisotopic (exact) mass is 206 g/mol. The molecular formula is C12H14O3. The normalized spacial score (nSPS) is 18.3. The van der Waals surface area contributed by atoms with Gasteiger partial charge in [-0.2, -0.15) is 0 Å². The largest absolute Gasteiger partial charge is 0.482 e. The smallest absolute Gasteiger partial charge is 0.199 e. The molecule has 0 aromatic heterocycles. The van der Waals surface area contributed by atoms with Crippen molar-refractivity contribution in [3.05, 3.63) is 29.8 Å². The Labute approximate surface area is 89.0 Å². The summed E-state index contributed by atoms with van der Waals surface area (Å²) >= 11 is 0. The van der Waals surface area contributed by atoms with Gasteiger partial charge in [-0.3, -0.25) is 4.79 Å². The fourth-order valence-electron chi connectivity index (χ4n) is 1.66. The van der Waals surface area contributed by atoms with Crippen LogP contribution in [0.2, 0.25) is 0 Å². The van der Waals surface area contributed by atoms with Crippen LogP contribution < -0.4 is 4.74 Å². The lowest BCUT2D eigenvalue weighted by atomic mass is 10.1. The summed E-state index contributed by atoms with van der Waals surface area (Å²) in [6, 6.07) is 7.75. The van der Waals surface area contributed by atoms with E-state index in [2.05, 4.69) is 0 Å². The average molecular weight is 206 g/mol. The molecule has 0 aliphatic carbocycles. The predicted octanol–water partition coefficient (Wildman–Crippen LogP) is 1.60. The molecule has 3 nitrogen and oxygen atoms in total. The molecule has 1 aliphatic heterocycles. The van der Waals surface area contributed by atoms with E-state index in [9.17, 15) is 4.79 Å². The topological polar surface area (TPSA) is 35.5 Å². The maximum Gasteiger partial charge on any atom is 0.199 e. The van der Waals surface area contributed by atoms with E-state index in [4.69, 9.17) is 9.47 Å². The van der Waals surface area contributed by atoms with Gasteiger partial charge >= 0.3 is 0 Å². The first kappa shape index (κ1) is 10.2. The second-order valence-electron chi connectivity index (χ2n) is 3.52. The van der Waals surface area contributed by atoms with E-state index in [1.165, 1.54) is 0 Å². The second kappa shape index (κ2) is 4.45. The Morgan fingerprint density at radius 1 is 1.53 bits per heavy atom. The molecule has 1 unspecified atom stereocenters. The van der Waals surface area contributed by atoms with Gasteiger partial charge < -0.3 is 9.47 Å². The highest BCUT2D eigenvalue weighted by atomic mass is 16.5. The molecule has 80 valence electrons. The molecule has 2 rings (SSSR count). The number of benzene rings is 1. The van der Waals surface area contributed by atoms with Crippen LogP contribution in [0.3, 0.4) is 0 Å². The van der Waals surface area contributed by atoms with Crippen LogP contribution in [0.4, 0.5) is 0 Å². The fraction of sp³-hybridized carbons (Fsp3) is 0.417. The summed E-state index contributed by atoms with van der Waals surface area (Å²) in [6.07, 6.45) is 0.316. The van der Waals surface area contributed by atoms with Crippen LogP contribution in [0.1, 0.15) is 12.5 Å². The highest BCUT2D eigenvalue weighted by Crippen LogP contribution is 2.28. The third-order valence-corrected chi connectivity index (χ3v) is 2.45. The molecule has 15 heavy (non-hydrogen) atoms. The van der Waals surface area contributed by atoms with E-state index in [0.29, 0.717) is 13.0 Å². The van der Waals surface area contributed by atoms with Crippen molar-refractivity contribution < 1.29 is 14.3 Å². The number of ether oxygens (including phenoxy) is 2. The van der Waals surface area contributed by atoms with Crippen molar-refractivity contribution >= 4 is 5.78 Å². The quantitative estimate of drug-likeness (QED) is 0.750. The summed E-state index contributed by atoms with van der Waals surface area (Å²) in [5.41, 5.74) is 1.10. The number of carbonyl (C=O) groups excluding carboxylic acids is 1. The van der Waals surface area contributed by atoms with Gasteiger partial charge in [0.1, 0.15) is 12.4 Å². The number of ketones is 1. The summed E-state index contributed by atoms with van der Waals surface area (Å²) in [6.45, 7) is 2.58. The second-order valence-corrected chi connectivity index (χ2v) is 3.52. The first-order valence-corrected chi connectivity index (χ1v) is 5.16. The third kappa shape index (κ3) is 2.18. The van der Waals surface area contributed by atoms with Gasteiger partial charge in [-0.1, -0.05) is 18.2 Å². The van der Waals surface area contributed by atoms with Crippen molar-refractivity contribution in [3.63, 3.8) is 0 Å². The van der Waals surface area contributed by atoms with Gasteiger partial charge in [0.25, 0.3) is 0 Å². The van der Waals surface area contributed by atoms with Crippen LogP contribution in [-0.4, -0.2) is 25.1 Å². The number of hydrogen-bond donors (Lipinski definition) is 0. The Bertz CT molecular complexity index is 335. The van der Waals surface area contributed by atoms with Gasteiger partial charge in [0.15, 0.2) is 11.9 Å². The zero-order chi connectivity index (χ0) is 10.7. The standard InChI is InChI=1S/C12H14O3/c1-2-14-8-10(13)12-7-9-5-3-4-6-11(9)15-12/h3-6,12H,2,7-8H2,1H3. The maximum absolute atomic E-state index is 11.6. The van der Waals surface area contributed by atoms with Crippen molar-refractivity contribution in [2.24, 2.45) is 0 Å². The van der Waals surface area contributed by atoms with Crippen LogP contribution in [0.5, 0.6) is 5.75 Å². The lowest BCUT2D eigenvalue weighted by Crippen LogP contribution is -2.29. The predicted molar refractivity (Wildman–Crippen MR) is 56.1 cm³/mol. The molecule has 1 atom stereocenters. The van der Waals surface area contributed by atoms with Crippen molar-refractivity contribution in [3.8, 4) is 5.75 Å². The van der Waals surface area contributed by atoms with Crippen molar-refractivity contribution in [1.29, 1.82) is 0 Å². The highest BCUT2D eigenvalue weighted by Gasteiger charge is 2.28. The Balaban J connectivity index is 1.98. The number of hydrogen-bond acceptors (Lipinski definition) is 3. The van der Waals surface area contributed by atoms with E-state index < -0.39 is 0 Å². The first-order valence-electron chi connectivity index (χ1n) is 5.16. The number of fused-ring (bicyclic) bond motifs is 1. The van der Waals surface area contributed by atoms with Crippen LogP contribution in [0.15, 0.2) is 24.3 Å². The van der Waals surface area contributed by atoms with Gasteiger partial charge in [0.2, 0.25) is 0 Å². The lowest BCUT2D eigenvalue weighted by molar-refractivity contribution is -0.129. The Hall–Kier alpha value is -1.35. The molecule has 0 N–H and O–H groups in total. The molecule has 0 saturated carbocycles. The van der Waals surface area contributed by atoms with Crippen molar-refractivity contribution in [1.82, 2.24) is 0 Å². The average Bonchev–Trinajstić information content (AvgIpc) is 2.69. The van der Waals surface area contributed by atoms with Gasteiger partial charge in [0, 0.05) is 13.0 Å². The third-order valence-electron chi connectivity index (χ3n) is 2.45. The van der Waals surface area contributed by atoms with Crippen LogP contribution in [-0.2, 0) is 16.0 Å². The highest BCUT2D eigenvalue weighted by molar-refractivity contribution is 5.85. The molecule has 1 heterocycles. The summed E-state index contributed by atoms with van der Waals surface area (Å²) in [5.74, 6) is 0.848. The van der Waals surface area contributed by atoms with Gasteiger partial charge in [-0.15, -0.1) is 0 Å². The van der Waals surface area contributed by atoms with Crippen LogP contribution in [0, 0.1) is 0 Å². The maximum atomic E-state index is 11.6. The number of para-hydroxylation sites is 1. The zero-order valence-corrected chi connectivity index (χ0v) is 8.73. The fourth-order valence-corrected chi connectivity index (χ4v) is 1.66. The number of Topliss-reactive ketones (excluding diaryl/α,β-unsaturated/α-hetero) is 1. The van der Waals surface area contributed by atoms with E-state index >= 15 is 0 Å². The molecule has 0 spiro atoms. The van der Waals surface area contributed by atoms with Gasteiger partial charge in [-0.25, -0.2) is 0 Å². The number of carbonyl (C=O) groups is 1.